The molecule has 1 aliphatic heterocycles. The average Bonchev–Trinajstić information content (AvgIpc) is 2.55. The second kappa shape index (κ2) is 7.28. The molecule has 1 aliphatic rings. The van der Waals surface area contributed by atoms with Crippen molar-refractivity contribution in [3.63, 3.8) is 0 Å². The van der Waals surface area contributed by atoms with E-state index in [9.17, 15) is 5.11 Å². The number of phenolic OH excluding ortho intramolecular Hbond substituents is 1. The third-order valence-electron chi connectivity index (χ3n) is 4.13. The molecule has 0 spiro atoms. The molecule has 2 N–H and O–H groups in total. The molecular formula is C19H21BrN2O. The maximum absolute atomic E-state index is 10.2. The molecule has 0 bridgehead atoms. The zero-order valence-electron chi connectivity index (χ0n) is 13.2. The summed E-state index contributed by atoms with van der Waals surface area (Å²) in [5, 5.41) is 13.8. The molecule has 0 radical (unpaired) electrons. The number of hydrogen-bond acceptors (Lipinski definition) is 3. The number of hydrogen-bond donors (Lipinski definition) is 2. The molecule has 2 unspecified atom stereocenters. The Kier molecular flexibility index (Phi) is 5.13. The van der Waals surface area contributed by atoms with E-state index in [1.165, 1.54) is 0 Å². The topological polar surface area (TPSA) is 44.6 Å². The van der Waals surface area contributed by atoms with Gasteiger partial charge >= 0.3 is 0 Å². The fourth-order valence-electron chi connectivity index (χ4n) is 3.03. The van der Waals surface area contributed by atoms with Crippen LogP contribution >= 0.6 is 15.9 Å². The molecule has 2 aromatic carbocycles. The van der Waals surface area contributed by atoms with E-state index >= 15 is 0 Å². The normalized spacial score (nSPS) is 21.0. The van der Waals surface area contributed by atoms with Crippen LogP contribution in [-0.2, 0) is 0 Å². The highest BCUT2D eigenvalue weighted by Crippen LogP contribution is 2.31. The molecule has 0 saturated heterocycles. The Labute approximate surface area is 145 Å². The van der Waals surface area contributed by atoms with Gasteiger partial charge in [-0.25, -0.2) is 0 Å². The maximum Gasteiger partial charge on any atom is 0.120 e. The van der Waals surface area contributed by atoms with Crippen molar-refractivity contribution in [3.05, 3.63) is 64.1 Å². The van der Waals surface area contributed by atoms with Crippen LogP contribution < -0.4 is 5.32 Å². The van der Waals surface area contributed by atoms with E-state index in [1.807, 2.05) is 30.3 Å². The lowest BCUT2D eigenvalue weighted by molar-refractivity contribution is 0.391. The van der Waals surface area contributed by atoms with Gasteiger partial charge < -0.3 is 5.11 Å². The number of nitrogens with zero attached hydrogens (tertiary/aromatic N) is 1. The Balaban J connectivity index is 1.94. The molecule has 0 aromatic heterocycles. The SMILES string of the molecule is CCCC1N=C(c2cccc(Br)c2)CC(c2ccccc2O)N1. The molecule has 2 aromatic rings. The van der Waals surface area contributed by atoms with Crippen LogP contribution in [0.1, 0.15) is 43.4 Å². The van der Waals surface area contributed by atoms with E-state index in [0.717, 1.165) is 40.6 Å². The van der Waals surface area contributed by atoms with Gasteiger partial charge in [0.1, 0.15) is 11.9 Å². The zero-order valence-corrected chi connectivity index (χ0v) is 14.8. The van der Waals surface area contributed by atoms with Gasteiger partial charge in [-0.3, -0.25) is 10.3 Å². The molecule has 3 nitrogen and oxygen atoms in total. The van der Waals surface area contributed by atoms with Crippen LogP contribution in [0, 0.1) is 0 Å². The lowest BCUT2D eigenvalue weighted by atomic mass is 9.94. The Morgan fingerprint density at radius 3 is 2.78 bits per heavy atom. The number of para-hydroxylation sites is 1. The fraction of sp³-hybridized carbons (Fsp3) is 0.316. The number of nitrogens with one attached hydrogen (secondary N) is 1. The minimum Gasteiger partial charge on any atom is -0.508 e. The summed E-state index contributed by atoms with van der Waals surface area (Å²) in [6.45, 7) is 2.17. The molecule has 0 amide bonds. The number of phenols is 1. The molecule has 0 saturated carbocycles. The van der Waals surface area contributed by atoms with E-state index in [-0.39, 0.29) is 12.2 Å². The second-order valence-corrected chi connectivity index (χ2v) is 6.79. The van der Waals surface area contributed by atoms with Crippen LogP contribution in [0.5, 0.6) is 5.75 Å². The lowest BCUT2D eigenvalue weighted by Crippen LogP contribution is -2.38. The predicted molar refractivity (Wildman–Crippen MR) is 98.0 cm³/mol. The lowest BCUT2D eigenvalue weighted by Gasteiger charge is -2.30. The van der Waals surface area contributed by atoms with Crippen molar-refractivity contribution < 1.29 is 5.11 Å². The minimum absolute atomic E-state index is 0.0826. The van der Waals surface area contributed by atoms with Gasteiger partial charge in [-0.15, -0.1) is 0 Å². The van der Waals surface area contributed by atoms with E-state index in [1.54, 1.807) is 6.07 Å². The average molecular weight is 373 g/mol. The van der Waals surface area contributed by atoms with Gasteiger partial charge in [0.2, 0.25) is 0 Å². The highest BCUT2D eigenvalue weighted by molar-refractivity contribution is 9.10. The molecule has 2 atom stereocenters. The van der Waals surface area contributed by atoms with Gasteiger partial charge in [0, 0.05) is 28.2 Å². The predicted octanol–water partition coefficient (Wildman–Crippen LogP) is 4.80. The van der Waals surface area contributed by atoms with Gasteiger partial charge in [-0.1, -0.05) is 59.6 Å². The molecule has 3 rings (SSSR count). The minimum atomic E-state index is 0.0826. The smallest absolute Gasteiger partial charge is 0.120 e. The third-order valence-corrected chi connectivity index (χ3v) is 4.63. The summed E-state index contributed by atoms with van der Waals surface area (Å²) >= 11 is 3.54. The van der Waals surface area contributed by atoms with Crippen molar-refractivity contribution in [2.75, 3.05) is 0 Å². The van der Waals surface area contributed by atoms with E-state index in [4.69, 9.17) is 4.99 Å². The van der Waals surface area contributed by atoms with Crippen LogP contribution in [-0.4, -0.2) is 17.0 Å². The summed E-state index contributed by atoms with van der Waals surface area (Å²) in [6, 6.07) is 15.9. The Bertz CT molecular complexity index is 714. The number of aromatic hydroxyl groups is 1. The molecule has 23 heavy (non-hydrogen) atoms. The third kappa shape index (κ3) is 3.82. The summed E-state index contributed by atoms with van der Waals surface area (Å²) in [4.78, 5) is 4.89. The summed E-state index contributed by atoms with van der Waals surface area (Å²) in [5.41, 5.74) is 3.18. The van der Waals surface area contributed by atoms with E-state index < -0.39 is 0 Å². The molecule has 120 valence electrons. The number of halogens is 1. The van der Waals surface area contributed by atoms with E-state index in [2.05, 4.69) is 40.3 Å². The van der Waals surface area contributed by atoms with Crippen LogP contribution in [0.3, 0.4) is 0 Å². The second-order valence-electron chi connectivity index (χ2n) is 5.87. The van der Waals surface area contributed by atoms with Gasteiger partial charge in [0.25, 0.3) is 0 Å². The molecule has 1 heterocycles. The summed E-state index contributed by atoms with van der Waals surface area (Å²) in [6.07, 6.45) is 2.92. The number of aliphatic imine (C=N–C) groups is 1. The zero-order chi connectivity index (χ0) is 16.2. The van der Waals surface area contributed by atoms with Gasteiger partial charge in [-0.05, 0) is 30.2 Å². The molecule has 0 aliphatic carbocycles. The first-order chi connectivity index (χ1) is 11.2. The van der Waals surface area contributed by atoms with Crippen LogP contribution in [0.4, 0.5) is 0 Å². The van der Waals surface area contributed by atoms with Gasteiger partial charge in [0.15, 0.2) is 0 Å². The Morgan fingerprint density at radius 1 is 1.22 bits per heavy atom. The quantitative estimate of drug-likeness (QED) is 0.808. The summed E-state index contributed by atoms with van der Waals surface area (Å²) in [5.74, 6) is 0.343. The maximum atomic E-state index is 10.2. The van der Waals surface area contributed by atoms with Crippen LogP contribution in [0.15, 0.2) is 58.0 Å². The first kappa shape index (κ1) is 16.2. The highest BCUT2D eigenvalue weighted by Gasteiger charge is 2.26. The van der Waals surface area contributed by atoms with E-state index in [0.29, 0.717) is 5.75 Å². The Hall–Kier alpha value is -1.65. The summed E-state index contributed by atoms with van der Waals surface area (Å²) < 4.78 is 1.06. The monoisotopic (exact) mass is 372 g/mol. The molecule has 4 heteroatoms. The van der Waals surface area contributed by atoms with Crippen molar-refractivity contribution in [2.45, 2.75) is 38.4 Å². The van der Waals surface area contributed by atoms with Crippen molar-refractivity contribution >= 4 is 21.6 Å². The largest absolute Gasteiger partial charge is 0.508 e. The van der Waals surface area contributed by atoms with Crippen molar-refractivity contribution in [1.82, 2.24) is 5.32 Å². The summed E-state index contributed by atoms with van der Waals surface area (Å²) in [7, 11) is 0. The van der Waals surface area contributed by atoms with Gasteiger partial charge in [0.05, 0.1) is 0 Å². The highest BCUT2D eigenvalue weighted by atomic mass is 79.9. The number of benzene rings is 2. The van der Waals surface area contributed by atoms with Crippen molar-refractivity contribution in [3.8, 4) is 5.75 Å². The van der Waals surface area contributed by atoms with Crippen LogP contribution in [0.2, 0.25) is 0 Å². The molecular weight excluding hydrogens is 352 g/mol. The van der Waals surface area contributed by atoms with Crippen LogP contribution in [0.25, 0.3) is 0 Å². The first-order valence-corrected chi connectivity index (χ1v) is 8.83. The standard InChI is InChI=1S/C19H21BrN2O/c1-2-6-19-21-16(13-7-5-8-14(20)11-13)12-17(22-19)15-9-3-4-10-18(15)23/h3-5,7-11,17,19,22-23H,2,6,12H2,1H3. The number of rotatable bonds is 4. The molecule has 0 fully saturated rings. The fourth-order valence-corrected chi connectivity index (χ4v) is 3.43. The van der Waals surface area contributed by atoms with Crippen molar-refractivity contribution in [1.29, 1.82) is 0 Å². The Morgan fingerprint density at radius 2 is 2.04 bits per heavy atom. The first-order valence-electron chi connectivity index (χ1n) is 8.04. The van der Waals surface area contributed by atoms with Crippen molar-refractivity contribution in [2.24, 2.45) is 4.99 Å². The van der Waals surface area contributed by atoms with Gasteiger partial charge in [-0.2, -0.15) is 0 Å².